The number of nitrogens with one attached hydrogen (secondary N) is 1. The van der Waals surface area contributed by atoms with Gasteiger partial charge < -0.3 is 10.1 Å². The number of para-hydroxylation sites is 1. The Morgan fingerprint density at radius 2 is 1.13 bits per heavy atom. The molecule has 0 spiro atoms. The van der Waals surface area contributed by atoms with E-state index in [0.717, 1.165) is 0 Å². The van der Waals surface area contributed by atoms with Gasteiger partial charge in [-0.05, 0) is 29.8 Å². The second-order valence-corrected chi connectivity index (χ2v) is 7.39. The van der Waals surface area contributed by atoms with Crippen LogP contribution in [0, 0.1) is 0 Å². The number of carbonyl (C=O) groups is 2. The largest absolute Gasteiger partial charge is 0.457 e. The van der Waals surface area contributed by atoms with Gasteiger partial charge in [0.1, 0.15) is 11.5 Å². The molecule has 0 fully saturated rings. The van der Waals surface area contributed by atoms with E-state index >= 15 is 0 Å². The van der Waals surface area contributed by atoms with E-state index in [1.807, 2.05) is 66.7 Å². The first-order valence-corrected chi connectivity index (χ1v) is 10.0. The third-order valence-corrected chi connectivity index (χ3v) is 5.45. The molecule has 0 aromatic heterocycles. The number of fused-ring (bicyclic) bond motifs is 1. The average molecular weight is 405 g/mol. The lowest BCUT2D eigenvalue weighted by Gasteiger charge is -2.29. The van der Waals surface area contributed by atoms with Crippen molar-refractivity contribution >= 4 is 17.3 Å². The van der Waals surface area contributed by atoms with Crippen molar-refractivity contribution in [2.75, 3.05) is 5.32 Å². The molecule has 0 saturated heterocycles. The van der Waals surface area contributed by atoms with Crippen molar-refractivity contribution in [3.8, 4) is 11.5 Å². The van der Waals surface area contributed by atoms with Gasteiger partial charge in [-0.2, -0.15) is 0 Å². The maximum absolute atomic E-state index is 13.6. The van der Waals surface area contributed by atoms with Crippen molar-refractivity contribution in [1.82, 2.24) is 0 Å². The van der Waals surface area contributed by atoms with Gasteiger partial charge in [0.25, 0.3) is 0 Å². The first-order valence-electron chi connectivity index (χ1n) is 10.0. The van der Waals surface area contributed by atoms with Gasteiger partial charge in [-0.1, -0.05) is 78.9 Å². The average Bonchev–Trinajstić information content (AvgIpc) is 3.03. The Morgan fingerprint density at radius 1 is 0.581 bits per heavy atom. The number of benzene rings is 4. The summed E-state index contributed by atoms with van der Waals surface area (Å²) < 4.78 is 5.93. The lowest BCUT2D eigenvalue weighted by atomic mass is 9.84. The fourth-order valence-corrected chi connectivity index (χ4v) is 4.00. The van der Waals surface area contributed by atoms with Crippen molar-refractivity contribution in [2.45, 2.75) is 5.54 Å². The third-order valence-electron chi connectivity index (χ3n) is 5.45. The lowest BCUT2D eigenvalue weighted by Crippen LogP contribution is -2.46. The zero-order valence-electron chi connectivity index (χ0n) is 16.6. The number of hydrogen-bond donors (Lipinski definition) is 1. The fourth-order valence-electron chi connectivity index (χ4n) is 4.00. The van der Waals surface area contributed by atoms with Crippen molar-refractivity contribution in [3.05, 3.63) is 126 Å². The summed E-state index contributed by atoms with van der Waals surface area (Å²) in [6.07, 6.45) is 0. The molecule has 1 aliphatic rings. The number of anilines is 1. The molecule has 0 radical (unpaired) electrons. The maximum atomic E-state index is 13.6. The van der Waals surface area contributed by atoms with Crippen LogP contribution < -0.4 is 10.1 Å². The molecule has 0 aliphatic heterocycles. The Hall–Kier alpha value is -4.18. The van der Waals surface area contributed by atoms with Gasteiger partial charge in [-0.15, -0.1) is 0 Å². The summed E-state index contributed by atoms with van der Waals surface area (Å²) in [5.41, 5.74) is 0.569. The molecule has 4 heteroatoms. The summed E-state index contributed by atoms with van der Waals surface area (Å²) in [6, 6.07) is 32.8. The number of hydrogen-bond acceptors (Lipinski definition) is 4. The zero-order valence-corrected chi connectivity index (χ0v) is 16.6. The van der Waals surface area contributed by atoms with Crippen LogP contribution in [0.25, 0.3) is 0 Å². The molecule has 31 heavy (non-hydrogen) atoms. The molecule has 4 aromatic carbocycles. The van der Waals surface area contributed by atoms with E-state index in [0.29, 0.717) is 33.9 Å². The molecule has 5 rings (SSSR count). The molecule has 0 saturated carbocycles. The summed E-state index contributed by atoms with van der Waals surface area (Å²) in [5, 5.41) is 3.26. The third kappa shape index (κ3) is 3.19. The summed E-state index contributed by atoms with van der Waals surface area (Å²) >= 11 is 0. The highest BCUT2D eigenvalue weighted by Crippen LogP contribution is 2.41. The molecular formula is C27H19NO3. The molecule has 1 aliphatic carbocycles. The van der Waals surface area contributed by atoms with Crippen LogP contribution in [0.5, 0.6) is 11.5 Å². The van der Waals surface area contributed by atoms with Crippen molar-refractivity contribution in [3.63, 3.8) is 0 Å². The molecule has 0 amide bonds. The highest BCUT2D eigenvalue weighted by Gasteiger charge is 2.54. The first-order chi connectivity index (χ1) is 15.2. The van der Waals surface area contributed by atoms with Gasteiger partial charge in [0.15, 0.2) is 5.54 Å². The number of carbonyl (C=O) groups excluding carboxylic acids is 2. The normalized spacial score (nSPS) is 14.2. The first kappa shape index (κ1) is 18.8. The van der Waals surface area contributed by atoms with E-state index in [9.17, 15) is 9.59 Å². The second-order valence-electron chi connectivity index (χ2n) is 7.39. The summed E-state index contributed by atoms with van der Waals surface area (Å²) in [5.74, 6) is 0.801. The molecule has 4 nitrogen and oxygen atoms in total. The molecule has 4 aromatic rings. The predicted molar refractivity (Wildman–Crippen MR) is 120 cm³/mol. The number of rotatable bonds is 5. The topological polar surface area (TPSA) is 55.4 Å². The van der Waals surface area contributed by atoms with Gasteiger partial charge in [-0.25, -0.2) is 0 Å². The quantitative estimate of drug-likeness (QED) is 0.422. The summed E-state index contributed by atoms with van der Waals surface area (Å²) in [6.45, 7) is 0. The van der Waals surface area contributed by atoms with E-state index in [-0.39, 0.29) is 11.6 Å². The van der Waals surface area contributed by atoms with Crippen LogP contribution in [0.2, 0.25) is 0 Å². The smallest absolute Gasteiger partial charge is 0.201 e. The Morgan fingerprint density at radius 3 is 1.77 bits per heavy atom. The molecule has 0 heterocycles. The Bertz CT molecular complexity index is 1230. The number of Topliss-reactive ketones (excluding diaryl/α,β-unsaturated/α-hetero) is 2. The molecular weight excluding hydrogens is 386 g/mol. The molecule has 150 valence electrons. The molecule has 0 bridgehead atoms. The second kappa shape index (κ2) is 7.58. The SMILES string of the molecule is O=C1c2ccccc2C(=O)C1(Nc1cccc(Oc2ccccc2)c1)c1ccccc1. The molecule has 0 atom stereocenters. The fraction of sp³-hybridized carbons (Fsp3) is 0.0370. The van der Waals surface area contributed by atoms with Crippen LogP contribution in [0.4, 0.5) is 5.69 Å². The minimum absolute atomic E-state index is 0.256. The zero-order chi connectivity index (χ0) is 21.3. The van der Waals surface area contributed by atoms with Crippen LogP contribution >= 0.6 is 0 Å². The predicted octanol–water partition coefficient (Wildman–Crippen LogP) is 5.87. The minimum Gasteiger partial charge on any atom is -0.457 e. The Balaban J connectivity index is 1.57. The summed E-state index contributed by atoms with van der Waals surface area (Å²) in [7, 11) is 0. The maximum Gasteiger partial charge on any atom is 0.201 e. The Labute approximate surface area is 180 Å². The van der Waals surface area contributed by atoms with E-state index in [1.165, 1.54) is 0 Å². The standard InChI is InChI=1S/C27H19NO3/c29-25-23-16-7-8-17-24(23)26(30)27(25,19-10-3-1-4-11-19)28-20-12-9-15-22(18-20)31-21-13-5-2-6-14-21/h1-18,28H. The highest BCUT2D eigenvalue weighted by molar-refractivity contribution is 6.34. The minimum atomic E-state index is -1.52. The number of ether oxygens (including phenoxy) is 1. The van der Waals surface area contributed by atoms with Gasteiger partial charge in [0.05, 0.1) is 0 Å². The van der Waals surface area contributed by atoms with E-state index < -0.39 is 5.54 Å². The monoisotopic (exact) mass is 405 g/mol. The highest BCUT2D eigenvalue weighted by atomic mass is 16.5. The Kier molecular flexibility index (Phi) is 4.60. The van der Waals surface area contributed by atoms with E-state index in [2.05, 4.69) is 5.32 Å². The summed E-state index contributed by atoms with van der Waals surface area (Å²) in [4.78, 5) is 27.2. The van der Waals surface area contributed by atoms with Crippen LogP contribution in [-0.4, -0.2) is 11.6 Å². The van der Waals surface area contributed by atoms with Gasteiger partial charge in [0.2, 0.25) is 11.6 Å². The van der Waals surface area contributed by atoms with Crippen molar-refractivity contribution < 1.29 is 14.3 Å². The van der Waals surface area contributed by atoms with Crippen molar-refractivity contribution in [2.24, 2.45) is 0 Å². The van der Waals surface area contributed by atoms with Crippen molar-refractivity contribution in [1.29, 1.82) is 0 Å². The van der Waals surface area contributed by atoms with Crippen LogP contribution in [0.3, 0.4) is 0 Å². The van der Waals surface area contributed by atoms with Crippen LogP contribution in [-0.2, 0) is 5.54 Å². The van der Waals surface area contributed by atoms with Gasteiger partial charge in [0, 0.05) is 22.9 Å². The number of ketones is 2. The van der Waals surface area contributed by atoms with Gasteiger partial charge in [-0.3, -0.25) is 9.59 Å². The van der Waals surface area contributed by atoms with E-state index in [4.69, 9.17) is 4.74 Å². The van der Waals surface area contributed by atoms with E-state index in [1.54, 1.807) is 42.5 Å². The van der Waals surface area contributed by atoms with Crippen LogP contribution in [0.1, 0.15) is 26.3 Å². The van der Waals surface area contributed by atoms with Crippen LogP contribution in [0.15, 0.2) is 109 Å². The lowest BCUT2D eigenvalue weighted by molar-refractivity contribution is 0.0818. The molecule has 0 unspecified atom stereocenters. The van der Waals surface area contributed by atoms with Gasteiger partial charge >= 0.3 is 0 Å². The molecule has 1 N–H and O–H groups in total.